The molecular weight excluding hydrogens is 192 g/mol. The van der Waals surface area contributed by atoms with Crippen LogP contribution in [0.5, 0.6) is 0 Å². The smallest absolute Gasteiger partial charge is 0.870 e. The molecule has 0 fully saturated rings. The zero-order valence-electron chi connectivity index (χ0n) is 6.69. The fraction of sp³-hybridized carbons (Fsp3) is 1.00. The number of alkyl halides is 5. The van der Waals surface area contributed by atoms with Crippen LogP contribution in [0, 0.1) is 0 Å². The second-order valence-electron chi connectivity index (χ2n) is 1.42. The molecule has 0 rings (SSSR count). The van der Waals surface area contributed by atoms with Gasteiger partial charge in [0.2, 0.25) is 0 Å². The summed E-state index contributed by atoms with van der Waals surface area (Å²) in [5.74, 6) is 0. The van der Waals surface area contributed by atoms with E-state index in [1.165, 1.54) is 0 Å². The van der Waals surface area contributed by atoms with Gasteiger partial charge in [-0.1, -0.05) is 0 Å². The molecule has 0 unspecified atom stereocenters. The van der Waals surface area contributed by atoms with Crippen molar-refractivity contribution in [1.29, 1.82) is 0 Å². The Morgan fingerprint density at radius 2 is 1.23 bits per heavy atom. The summed E-state index contributed by atoms with van der Waals surface area (Å²) in [6, 6.07) is 0. The van der Waals surface area contributed by atoms with E-state index >= 15 is 0 Å². The van der Waals surface area contributed by atoms with E-state index in [9.17, 15) is 32.0 Å². The molecule has 13 heavy (non-hydrogen) atoms. The quantitative estimate of drug-likeness (QED) is 0.322. The van der Waals surface area contributed by atoms with E-state index in [-0.39, 0.29) is 37.7 Å². The predicted octanol–water partition coefficient (Wildman–Crippen LogP) is -7.13. The van der Waals surface area contributed by atoms with E-state index in [2.05, 4.69) is 4.65 Å². The summed E-state index contributed by atoms with van der Waals surface area (Å²) in [5, 5.41) is 18.5. The van der Waals surface area contributed by atoms with E-state index in [4.69, 9.17) is 0 Å². The van der Waals surface area contributed by atoms with E-state index in [1.807, 2.05) is 0 Å². The second kappa shape index (κ2) is 6.31. The topological polar surface area (TPSA) is 55.3 Å². The van der Waals surface area contributed by atoms with Gasteiger partial charge in [0.25, 0.3) is 0 Å². The van der Waals surface area contributed by atoms with E-state index < -0.39 is 19.6 Å². The van der Waals surface area contributed by atoms with Crippen molar-refractivity contribution in [2.75, 3.05) is 0 Å². The van der Waals surface area contributed by atoms with Crippen LogP contribution in [0.2, 0.25) is 0 Å². The first-order chi connectivity index (χ1) is 4.67. The molecule has 0 spiro atoms. The van der Waals surface area contributed by atoms with Gasteiger partial charge in [-0.25, -0.2) is 0 Å². The van der Waals surface area contributed by atoms with Crippen LogP contribution in [0.4, 0.5) is 22.0 Å². The Kier molecular flexibility index (Phi) is 9.40. The normalized spacial score (nSPS) is 11.3. The van der Waals surface area contributed by atoms with Crippen molar-refractivity contribution in [2.45, 2.75) is 12.3 Å². The Balaban J connectivity index is -0.000000500. The molecule has 11 heteroatoms. The fourth-order valence-corrected chi connectivity index (χ4v) is 0.188. The minimum Gasteiger partial charge on any atom is -0.870 e. The molecule has 0 bridgehead atoms. The third-order valence-corrected chi connectivity index (χ3v) is 0.574. The van der Waals surface area contributed by atoms with Gasteiger partial charge >= 0.3 is 50.0 Å². The third kappa shape index (κ3) is 6.81. The van der Waals surface area contributed by atoms with E-state index in [0.717, 1.165) is 0 Å². The van der Waals surface area contributed by atoms with Gasteiger partial charge in [0.15, 0.2) is 0 Å². The van der Waals surface area contributed by atoms with Crippen LogP contribution in [0.1, 0.15) is 0 Å². The van der Waals surface area contributed by atoms with Gasteiger partial charge in [-0.15, -0.1) is 0 Å². The maximum absolute atomic E-state index is 11.4. The zero-order chi connectivity index (χ0) is 9.28. The van der Waals surface area contributed by atoms with Gasteiger partial charge in [-0.3, -0.25) is 0 Å². The molecule has 0 atom stereocenters. The molecule has 0 heterocycles. The first kappa shape index (κ1) is 19.4. The molecule has 3 nitrogen and oxygen atoms in total. The van der Waals surface area contributed by atoms with Crippen molar-refractivity contribution < 1.29 is 74.4 Å². The molecule has 0 aliphatic rings. The summed E-state index contributed by atoms with van der Waals surface area (Å²) in [6.45, 7) is 0. The van der Waals surface area contributed by atoms with E-state index in [1.54, 1.807) is 0 Å². The molecule has 0 aliphatic carbocycles. The minimum absolute atomic E-state index is 0. The Bertz CT molecular complexity index is 140. The van der Waals surface area contributed by atoms with Crippen LogP contribution >= 0.6 is 0 Å². The van der Waals surface area contributed by atoms with Crippen molar-refractivity contribution >= 4 is 7.32 Å². The summed E-state index contributed by atoms with van der Waals surface area (Å²) >= 11 is 0. The van der Waals surface area contributed by atoms with Crippen LogP contribution in [0.3, 0.4) is 0 Å². The first-order valence-corrected chi connectivity index (χ1v) is 2.11. The van der Waals surface area contributed by atoms with Gasteiger partial charge in [0.05, 0.1) is 7.32 Å². The SMILES string of the molecule is [Li+].[Li+].[O-]B([O-])OC(F)(F)C(F)(F)F. The molecule has 0 radical (unpaired) electrons. The summed E-state index contributed by atoms with van der Waals surface area (Å²) < 4.78 is 58.2. The standard InChI is InChI=1S/C2BF5O3.2Li/c4-1(5,6)2(7,8)11-3(9)10;;/q-2;2*+1. The van der Waals surface area contributed by atoms with Crippen LogP contribution in [-0.2, 0) is 4.65 Å². The van der Waals surface area contributed by atoms with Crippen LogP contribution in [0.15, 0.2) is 0 Å². The summed E-state index contributed by atoms with van der Waals surface area (Å²) in [5.41, 5.74) is 0. The Labute approximate surface area is 94.2 Å². The second-order valence-corrected chi connectivity index (χ2v) is 1.42. The summed E-state index contributed by atoms with van der Waals surface area (Å²) in [6.07, 6.45) is -11.7. The van der Waals surface area contributed by atoms with Gasteiger partial charge in [-0.2, -0.15) is 22.0 Å². The van der Waals surface area contributed by atoms with Gasteiger partial charge in [0.1, 0.15) is 0 Å². The maximum atomic E-state index is 11.4. The van der Waals surface area contributed by atoms with Crippen LogP contribution in [0.25, 0.3) is 0 Å². The Morgan fingerprint density at radius 1 is 0.923 bits per heavy atom. The molecule has 0 aromatic heterocycles. The minimum atomic E-state index is -6.03. The Hall–Kier alpha value is 0.790. The number of halogens is 5. The maximum Gasteiger partial charge on any atom is 1.00 e. The van der Waals surface area contributed by atoms with Crippen molar-refractivity contribution in [1.82, 2.24) is 0 Å². The number of rotatable bonds is 2. The molecule has 0 saturated carbocycles. The fourth-order valence-electron chi connectivity index (χ4n) is 0.188. The molecule has 0 N–H and O–H groups in total. The third-order valence-electron chi connectivity index (χ3n) is 0.574. The molecule has 0 aliphatic heterocycles. The average molecular weight is 192 g/mol. The molecule has 0 aromatic carbocycles. The summed E-state index contributed by atoms with van der Waals surface area (Å²) in [4.78, 5) is 0. The van der Waals surface area contributed by atoms with Crippen molar-refractivity contribution in [3.05, 3.63) is 0 Å². The number of hydrogen-bond acceptors (Lipinski definition) is 3. The number of hydrogen-bond donors (Lipinski definition) is 0. The zero-order valence-corrected chi connectivity index (χ0v) is 6.69. The predicted molar refractivity (Wildman–Crippen MR) is 17.8 cm³/mol. The average Bonchev–Trinajstić information content (AvgIpc) is 1.56. The molecule has 66 valence electrons. The molecular formula is C2BF5Li2O3. The van der Waals surface area contributed by atoms with Gasteiger partial charge in [0, 0.05) is 0 Å². The Morgan fingerprint density at radius 3 is 1.31 bits per heavy atom. The molecule has 0 aromatic rings. The van der Waals surface area contributed by atoms with Crippen LogP contribution < -0.4 is 47.8 Å². The van der Waals surface area contributed by atoms with Gasteiger partial charge < -0.3 is 14.7 Å². The molecule has 0 amide bonds. The van der Waals surface area contributed by atoms with Crippen molar-refractivity contribution in [2.24, 2.45) is 0 Å². The van der Waals surface area contributed by atoms with Gasteiger partial charge in [-0.05, 0) is 0 Å². The first-order valence-electron chi connectivity index (χ1n) is 2.11. The van der Waals surface area contributed by atoms with E-state index in [0.29, 0.717) is 0 Å². The largest absolute Gasteiger partial charge is 1.00 e. The van der Waals surface area contributed by atoms with Crippen molar-refractivity contribution in [3.8, 4) is 0 Å². The summed E-state index contributed by atoms with van der Waals surface area (Å²) in [7, 11) is -3.66. The monoisotopic (exact) mass is 192 g/mol. The molecule has 0 saturated heterocycles. The van der Waals surface area contributed by atoms with Crippen LogP contribution in [-0.4, -0.2) is 19.6 Å². The van der Waals surface area contributed by atoms with Crippen molar-refractivity contribution in [3.63, 3.8) is 0 Å².